The Hall–Kier alpha value is -4.87. The van der Waals surface area contributed by atoms with Gasteiger partial charge in [0.25, 0.3) is 0 Å². The maximum absolute atomic E-state index is 6.12. The number of fused-ring (bicyclic) bond motifs is 7. The largest absolute Gasteiger partial charge is 0.497 e. The fraction of sp³-hybridized carbons (Fsp3) is 0.390. The number of ether oxygens (including phenoxy) is 1. The number of anilines is 3. The van der Waals surface area contributed by atoms with Gasteiger partial charge in [0.1, 0.15) is 5.75 Å². The van der Waals surface area contributed by atoms with Gasteiger partial charge in [-0.15, -0.1) is 0 Å². The second kappa shape index (κ2) is 14.8. The monoisotopic (exact) mass is 854 g/mol. The van der Waals surface area contributed by atoms with Gasteiger partial charge in [-0.1, -0.05) is 104 Å². The lowest BCUT2D eigenvalue weighted by Crippen LogP contribution is -2.60. The van der Waals surface area contributed by atoms with Crippen LogP contribution in [0.2, 0.25) is 0 Å². The van der Waals surface area contributed by atoms with Gasteiger partial charge in [0.15, 0.2) is 0 Å². The van der Waals surface area contributed by atoms with Crippen molar-refractivity contribution in [2.45, 2.75) is 130 Å². The van der Waals surface area contributed by atoms with Crippen molar-refractivity contribution in [1.29, 1.82) is 0 Å². The highest BCUT2D eigenvalue weighted by Crippen LogP contribution is 2.61. The molecule has 6 saturated carbocycles. The van der Waals surface area contributed by atoms with Crippen LogP contribution in [0.25, 0.3) is 27.5 Å². The van der Waals surface area contributed by atoms with E-state index >= 15 is 0 Å². The van der Waals surface area contributed by atoms with Crippen LogP contribution in [0, 0.1) is 17.8 Å². The summed E-state index contributed by atoms with van der Waals surface area (Å²) >= 11 is 1.95. The van der Waals surface area contributed by atoms with E-state index in [0.29, 0.717) is 17.3 Å². The highest BCUT2D eigenvalue weighted by molar-refractivity contribution is 8.00. The third-order valence-corrected chi connectivity index (χ3v) is 19.0. The van der Waals surface area contributed by atoms with Crippen molar-refractivity contribution < 1.29 is 4.74 Å². The molecular weight excluding hydrogens is 796 g/mol. The maximum Gasteiger partial charge on any atom is 0.249 e. The topological polar surface area (TPSA) is 17.4 Å². The molecule has 0 amide bonds. The third-order valence-electron chi connectivity index (χ3n) is 17.9. The van der Waals surface area contributed by atoms with E-state index in [0.717, 1.165) is 23.5 Å². The molecule has 6 fully saturated rings. The number of benzene rings is 6. The molecule has 3 nitrogen and oxygen atoms in total. The lowest BCUT2D eigenvalue weighted by molar-refractivity contribution is -0.00512. The number of aromatic nitrogens is 1. The second-order valence-corrected chi connectivity index (χ2v) is 22.6. The first kappa shape index (κ1) is 38.4. The molecule has 15 rings (SSSR count). The highest BCUT2D eigenvalue weighted by Gasteiger charge is 2.51. The number of rotatable bonds is 6. The Morgan fingerprint density at radius 1 is 0.562 bits per heavy atom. The van der Waals surface area contributed by atoms with Crippen molar-refractivity contribution in [3.63, 3.8) is 0 Å². The van der Waals surface area contributed by atoms with Gasteiger partial charge in [0, 0.05) is 49.4 Å². The summed E-state index contributed by atoms with van der Waals surface area (Å²) in [6, 6.07) is 46.1. The Morgan fingerprint density at radius 2 is 1.20 bits per heavy atom. The summed E-state index contributed by atoms with van der Waals surface area (Å²) < 4.78 is 8.65. The number of methoxy groups -OCH3 is 1. The molecule has 320 valence electrons. The van der Waals surface area contributed by atoms with E-state index in [4.69, 9.17) is 4.74 Å². The highest BCUT2D eigenvalue weighted by atomic mass is 32.2. The van der Waals surface area contributed by atoms with Crippen LogP contribution in [-0.4, -0.2) is 18.4 Å². The van der Waals surface area contributed by atoms with E-state index < -0.39 is 0 Å². The van der Waals surface area contributed by atoms with Gasteiger partial charge in [-0.25, -0.2) is 0 Å². The molecule has 7 aromatic rings. The van der Waals surface area contributed by atoms with E-state index in [9.17, 15) is 0 Å². The fourth-order valence-corrected chi connectivity index (χ4v) is 16.5. The zero-order chi connectivity index (χ0) is 42.1. The zero-order valence-electron chi connectivity index (χ0n) is 37.5. The van der Waals surface area contributed by atoms with Crippen molar-refractivity contribution in [2.24, 2.45) is 17.8 Å². The van der Waals surface area contributed by atoms with E-state index in [2.05, 4.69) is 125 Å². The molecule has 0 unspecified atom stereocenters. The first-order chi connectivity index (χ1) is 31.6. The predicted molar refractivity (Wildman–Crippen MR) is 269 cm³/mol. The first-order valence-electron chi connectivity index (χ1n) is 25.2. The van der Waals surface area contributed by atoms with Crippen LogP contribution in [0.1, 0.15) is 131 Å². The molecule has 2 aliphatic heterocycles. The lowest BCUT2D eigenvalue weighted by Gasteiger charge is -2.57. The molecule has 6 aliphatic carbocycles. The van der Waals surface area contributed by atoms with Crippen LogP contribution in [0.5, 0.6) is 5.75 Å². The zero-order valence-corrected chi connectivity index (χ0v) is 38.3. The van der Waals surface area contributed by atoms with E-state index in [1.807, 2.05) is 18.9 Å². The van der Waals surface area contributed by atoms with Crippen LogP contribution in [0.4, 0.5) is 17.1 Å². The quantitative estimate of drug-likeness (QED) is 0.155. The SMILES string of the molecule is COc1cc2c3c(c1)N(c1ccc(-n4c5ccccc5c5cc(C67CC8CC(CC(C8)C6)C7)ccc54)cc1)c1ccc(C4CCCCC4)cc1B3c1cc(C3CCCCC3)ccc1S2. The van der Waals surface area contributed by atoms with Gasteiger partial charge in [0.05, 0.1) is 18.1 Å². The average Bonchev–Trinajstić information content (AvgIpc) is 3.67. The molecule has 0 saturated heterocycles. The number of para-hydroxylation sites is 1. The summed E-state index contributed by atoms with van der Waals surface area (Å²) in [6.45, 7) is 0.186. The van der Waals surface area contributed by atoms with Gasteiger partial charge in [-0.3, -0.25) is 0 Å². The minimum Gasteiger partial charge on any atom is -0.497 e. The molecule has 0 N–H and O–H groups in total. The Balaban J connectivity index is 0.901. The molecule has 4 bridgehead atoms. The van der Waals surface area contributed by atoms with Gasteiger partial charge in [-0.2, -0.15) is 0 Å². The van der Waals surface area contributed by atoms with Crippen molar-refractivity contribution in [3.05, 3.63) is 132 Å². The summed E-state index contributed by atoms with van der Waals surface area (Å²) in [7, 11) is 1.83. The minimum atomic E-state index is 0.186. The molecule has 8 aliphatic rings. The molecule has 3 heterocycles. The van der Waals surface area contributed by atoms with Crippen molar-refractivity contribution in [1.82, 2.24) is 4.57 Å². The molecule has 6 aromatic carbocycles. The molecule has 5 heteroatoms. The van der Waals surface area contributed by atoms with Gasteiger partial charge in [0.2, 0.25) is 6.71 Å². The van der Waals surface area contributed by atoms with Crippen molar-refractivity contribution in [2.75, 3.05) is 12.0 Å². The normalized spacial score (nSPS) is 24.9. The first-order valence-corrected chi connectivity index (χ1v) is 26.0. The fourth-order valence-electron chi connectivity index (χ4n) is 15.3. The van der Waals surface area contributed by atoms with Crippen LogP contribution >= 0.6 is 11.8 Å². The van der Waals surface area contributed by atoms with Crippen molar-refractivity contribution in [3.8, 4) is 11.4 Å². The number of hydrogen-bond acceptors (Lipinski definition) is 3. The smallest absolute Gasteiger partial charge is 0.249 e. The summed E-state index contributed by atoms with van der Waals surface area (Å²) in [6.07, 6.45) is 22.0. The Labute approximate surface area is 384 Å². The molecular formula is C59H59BN2OS. The third kappa shape index (κ3) is 5.94. The standard InChI is InChI=1S/C59H59BN2OS/c1-63-47-32-55-58-57(33-47)64-56-25-17-43(41-12-6-3-7-13-41)30-51(56)60(58)50-29-42(40-10-4-2-5-11-40)16-23-54(50)62(55)46-21-19-45(20-22-46)61-52-15-9-8-14-48(52)49-31-44(18-24-53(49)61)59-34-37-26-38(35-59)28-39(27-37)36-59/h8-9,14-25,29-33,37-41H,2-7,10-13,26-28,34-36H2,1H3. The van der Waals surface area contributed by atoms with E-state index in [1.54, 1.807) is 11.1 Å². The van der Waals surface area contributed by atoms with Crippen LogP contribution < -0.4 is 26.0 Å². The summed E-state index contributed by atoms with van der Waals surface area (Å²) in [5, 5.41) is 2.77. The predicted octanol–water partition coefficient (Wildman–Crippen LogP) is 14.1. The Bertz CT molecular complexity index is 2950. The Kier molecular flexibility index (Phi) is 8.90. The van der Waals surface area contributed by atoms with Crippen molar-refractivity contribution >= 4 is 73.7 Å². The molecule has 0 radical (unpaired) electrons. The average molecular weight is 855 g/mol. The molecule has 0 spiro atoms. The minimum absolute atomic E-state index is 0.186. The van der Waals surface area contributed by atoms with Gasteiger partial charge in [-0.05, 0) is 187 Å². The van der Waals surface area contributed by atoms with Crippen LogP contribution in [0.3, 0.4) is 0 Å². The summed E-state index contributed by atoms with van der Waals surface area (Å²) in [4.78, 5) is 5.30. The lowest BCUT2D eigenvalue weighted by atomic mass is 9.34. The molecule has 64 heavy (non-hydrogen) atoms. The van der Waals surface area contributed by atoms with Gasteiger partial charge >= 0.3 is 0 Å². The molecule has 0 atom stereocenters. The van der Waals surface area contributed by atoms with Gasteiger partial charge < -0.3 is 14.2 Å². The number of hydrogen-bond donors (Lipinski definition) is 0. The summed E-state index contributed by atoms with van der Waals surface area (Å²) in [5.74, 6) is 5.05. The van der Waals surface area contributed by atoms with E-state index in [1.165, 1.54) is 179 Å². The number of nitrogens with zero attached hydrogens (tertiary/aromatic N) is 2. The van der Waals surface area contributed by atoms with Crippen LogP contribution in [-0.2, 0) is 5.41 Å². The van der Waals surface area contributed by atoms with Crippen LogP contribution in [0.15, 0.2) is 125 Å². The Morgan fingerprint density at radius 3 is 1.91 bits per heavy atom. The molecule has 1 aromatic heterocycles. The van der Waals surface area contributed by atoms with E-state index in [-0.39, 0.29) is 6.71 Å². The maximum atomic E-state index is 6.12. The second-order valence-electron chi connectivity index (χ2n) is 21.5. The summed E-state index contributed by atoms with van der Waals surface area (Å²) in [5.41, 5.74) is 17.1.